The van der Waals surface area contributed by atoms with Crippen molar-refractivity contribution in [3.63, 3.8) is 0 Å². The van der Waals surface area contributed by atoms with E-state index in [-0.39, 0.29) is 5.88 Å². The summed E-state index contributed by atoms with van der Waals surface area (Å²) in [5.74, 6) is -0.757. The van der Waals surface area contributed by atoms with E-state index in [2.05, 4.69) is 15.6 Å². The maximum Gasteiger partial charge on any atom is 0.321 e. The minimum Gasteiger partial charge on any atom is -0.334 e. The second-order valence-electron chi connectivity index (χ2n) is 3.17. The third-order valence-corrected chi connectivity index (χ3v) is 2.19. The van der Waals surface area contributed by atoms with Gasteiger partial charge in [-0.3, -0.25) is 15.1 Å². The summed E-state index contributed by atoms with van der Waals surface area (Å²) in [5, 5.41) is 4.63. The molecule has 0 aliphatic heterocycles. The van der Waals surface area contributed by atoms with E-state index in [1.165, 1.54) is 0 Å². The van der Waals surface area contributed by atoms with Crippen molar-refractivity contribution in [2.75, 3.05) is 5.88 Å². The van der Waals surface area contributed by atoms with Gasteiger partial charge in [0, 0.05) is 18.9 Å². The van der Waals surface area contributed by atoms with Gasteiger partial charge in [0.05, 0.1) is 0 Å². The summed E-state index contributed by atoms with van der Waals surface area (Å²) in [7, 11) is 0. The summed E-state index contributed by atoms with van der Waals surface area (Å²) >= 11 is 5.24. The monoisotopic (exact) mass is 241 g/mol. The number of carbonyl (C=O) groups excluding carboxylic acids is 2. The smallest absolute Gasteiger partial charge is 0.321 e. The summed E-state index contributed by atoms with van der Waals surface area (Å²) in [5.41, 5.74) is 1.93. The molecule has 2 N–H and O–H groups in total. The zero-order valence-electron chi connectivity index (χ0n) is 8.79. The number of aromatic nitrogens is 1. The average Bonchev–Trinajstić information content (AvgIpc) is 2.28. The molecule has 0 spiro atoms. The maximum absolute atomic E-state index is 11.2. The fourth-order valence-corrected chi connectivity index (χ4v) is 1.15. The molecule has 0 unspecified atom stereocenters. The van der Waals surface area contributed by atoms with E-state index in [9.17, 15) is 9.59 Å². The van der Waals surface area contributed by atoms with Gasteiger partial charge in [-0.2, -0.15) is 0 Å². The molecule has 86 valence electrons. The van der Waals surface area contributed by atoms with Gasteiger partial charge in [0.1, 0.15) is 5.88 Å². The standard InChI is InChI=1S/C10H12ClN3O2/c1-7-5-12-3-2-8(7)6-13-10(16)14-9(15)4-11/h2-3,5H,4,6H2,1H3,(H2,13,14,15,16). The number of imide groups is 1. The van der Waals surface area contributed by atoms with E-state index in [4.69, 9.17) is 11.6 Å². The first-order valence-electron chi connectivity index (χ1n) is 4.66. The van der Waals surface area contributed by atoms with Crippen LogP contribution in [0.2, 0.25) is 0 Å². The number of alkyl halides is 1. The van der Waals surface area contributed by atoms with Gasteiger partial charge in [-0.15, -0.1) is 11.6 Å². The Hall–Kier alpha value is -1.62. The average molecular weight is 242 g/mol. The lowest BCUT2D eigenvalue weighted by Gasteiger charge is -2.07. The molecule has 0 atom stereocenters. The molecule has 1 aromatic rings. The van der Waals surface area contributed by atoms with Crippen LogP contribution in [0.5, 0.6) is 0 Å². The summed E-state index contributed by atoms with van der Waals surface area (Å²) in [4.78, 5) is 25.9. The number of aryl methyl sites for hydroxylation is 1. The lowest BCUT2D eigenvalue weighted by atomic mass is 10.1. The van der Waals surface area contributed by atoms with Gasteiger partial charge < -0.3 is 5.32 Å². The highest BCUT2D eigenvalue weighted by Crippen LogP contribution is 2.03. The van der Waals surface area contributed by atoms with Crippen LogP contribution in [0, 0.1) is 6.92 Å². The summed E-state index contributed by atoms with van der Waals surface area (Å²) in [6, 6.07) is 1.25. The number of amides is 3. The molecule has 6 heteroatoms. The van der Waals surface area contributed by atoms with Gasteiger partial charge in [-0.1, -0.05) is 0 Å². The highest BCUT2D eigenvalue weighted by molar-refractivity contribution is 6.28. The van der Waals surface area contributed by atoms with Crippen molar-refractivity contribution in [1.82, 2.24) is 15.6 Å². The lowest BCUT2D eigenvalue weighted by Crippen LogP contribution is -2.39. The minimum atomic E-state index is -0.554. The molecule has 0 saturated heterocycles. The van der Waals surface area contributed by atoms with Crippen LogP contribution in [0.3, 0.4) is 0 Å². The zero-order valence-corrected chi connectivity index (χ0v) is 9.54. The Labute approximate surface area is 98.2 Å². The van der Waals surface area contributed by atoms with Crippen LogP contribution in [-0.2, 0) is 11.3 Å². The first-order chi connectivity index (χ1) is 7.63. The third kappa shape index (κ3) is 3.86. The van der Waals surface area contributed by atoms with Gasteiger partial charge in [-0.25, -0.2) is 4.79 Å². The predicted molar refractivity (Wildman–Crippen MR) is 60.1 cm³/mol. The number of nitrogens with one attached hydrogen (secondary N) is 2. The normalized spacial score (nSPS) is 9.62. The van der Waals surface area contributed by atoms with Crippen molar-refractivity contribution < 1.29 is 9.59 Å². The molecule has 0 aromatic carbocycles. The molecule has 1 rings (SSSR count). The van der Waals surface area contributed by atoms with Gasteiger partial charge in [-0.05, 0) is 24.1 Å². The molecule has 5 nitrogen and oxygen atoms in total. The van der Waals surface area contributed by atoms with Gasteiger partial charge in [0.2, 0.25) is 5.91 Å². The molecular weight excluding hydrogens is 230 g/mol. The van der Waals surface area contributed by atoms with Crippen molar-refractivity contribution in [3.8, 4) is 0 Å². The predicted octanol–water partition coefficient (Wildman–Crippen LogP) is 0.955. The molecule has 16 heavy (non-hydrogen) atoms. The van der Waals surface area contributed by atoms with Crippen molar-refractivity contribution >= 4 is 23.5 Å². The quantitative estimate of drug-likeness (QED) is 0.775. The molecule has 0 aliphatic carbocycles. The van der Waals surface area contributed by atoms with Crippen LogP contribution in [-0.4, -0.2) is 22.8 Å². The van der Waals surface area contributed by atoms with E-state index < -0.39 is 11.9 Å². The fraction of sp³-hybridized carbons (Fsp3) is 0.300. The number of carbonyl (C=O) groups is 2. The molecule has 0 radical (unpaired) electrons. The van der Waals surface area contributed by atoms with E-state index >= 15 is 0 Å². The molecule has 3 amide bonds. The first kappa shape index (κ1) is 12.4. The second kappa shape index (κ2) is 6.07. The molecular formula is C10H12ClN3O2. The van der Waals surface area contributed by atoms with Gasteiger partial charge >= 0.3 is 6.03 Å². The summed E-state index contributed by atoms with van der Waals surface area (Å²) in [6.07, 6.45) is 3.35. The molecule has 0 aliphatic rings. The molecule has 0 bridgehead atoms. The molecule has 0 fully saturated rings. The van der Waals surface area contributed by atoms with Gasteiger partial charge in [0.25, 0.3) is 0 Å². The van der Waals surface area contributed by atoms with Crippen molar-refractivity contribution in [2.45, 2.75) is 13.5 Å². The fourth-order valence-electron chi connectivity index (χ4n) is 1.08. The van der Waals surface area contributed by atoms with Crippen LogP contribution < -0.4 is 10.6 Å². The van der Waals surface area contributed by atoms with Crippen LogP contribution in [0.25, 0.3) is 0 Å². The van der Waals surface area contributed by atoms with Crippen molar-refractivity contribution in [2.24, 2.45) is 0 Å². The molecule has 1 aromatic heterocycles. The van der Waals surface area contributed by atoms with Crippen molar-refractivity contribution in [1.29, 1.82) is 0 Å². The number of pyridine rings is 1. The topological polar surface area (TPSA) is 71.1 Å². The Morgan fingerprint density at radius 2 is 2.25 bits per heavy atom. The summed E-state index contributed by atoms with van der Waals surface area (Å²) < 4.78 is 0. The molecule has 1 heterocycles. The SMILES string of the molecule is Cc1cnccc1CNC(=O)NC(=O)CCl. The van der Waals surface area contributed by atoms with Crippen LogP contribution in [0.1, 0.15) is 11.1 Å². The summed E-state index contributed by atoms with van der Waals surface area (Å²) in [6.45, 7) is 2.24. The number of hydrogen-bond donors (Lipinski definition) is 2. The lowest BCUT2D eigenvalue weighted by molar-refractivity contribution is -0.117. The molecule has 0 saturated carbocycles. The van der Waals surface area contributed by atoms with Crippen LogP contribution >= 0.6 is 11.6 Å². The maximum atomic E-state index is 11.2. The van der Waals surface area contributed by atoms with E-state index in [1.54, 1.807) is 18.5 Å². The highest BCUT2D eigenvalue weighted by Gasteiger charge is 2.06. The third-order valence-electron chi connectivity index (χ3n) is 1.95. The first-order valence-corrected chi connectivity index (χ1v) is 5.20. The Morgan fingerprint density at radius 3 is 2.88 bits per heavy atom. The number of rotatable bonds is 3. The number of urea groups is 1. The zero-order chi connectivity index (χ0) is 12.0. The van der Waals surface area contributed by atoms with Crippen LogP contribution in [0.15, 0.2) is 18.5 Å². The van der Waals surface area contributed by atoms with Gasteiger partial charge in [0.15, 0.2) is 0 Å². The Balaban J connectivity index is 2.43. The second-order valence-corrected chi connectivity index (χ2v) is 3.43. The van der Waals surface area contributed by atoms with E-state index in [0.717, 1.165) is 11.1 Å². The van der Waals surface area contributed by atoms with Crippen LogP contribution in [0.4, 0.5) is 4.79 Å². The van der Waals surface area contributed by atoms with E-state index in [0.29, 0.717) is 6.54 Å². The highest BCUT2D eigenvalue weighted by atomic mass is 35.5. The number of hydrogen-bond acceptors (Lipinski definition) is 3. The van der Waals surface area contributed by atoms with E-state index in [1.807, 2.05) is 6.92 Å². The number of halogens is 1. The number of nitrogens with zero attached hydrogens (tertiary/aromatic N) is 1. The Morgan fingerprint density at radius 1 is 1.50 bits per heavy atom. The Bertz CT molecular complexity index is 395. The van der Waals surface area contributed by atoms with Crippen molar-refractivity contribution in [3.05, 3.63) is 29.6 Å². The largest absolute Gasteiger partial charge is 0.334 e. The Kier molecular flexibility index (Phi) is 4.72. The minimum absolute atomic E-state index is 0.234.